The Labute approximate surface area is 137 Å². The second-order valence-corrected chi connectivity index (χ2v) is 6.47. The molecule has 0 atom stereocenters. The molecule has 1 saturated carbocycles. The molecule has 22 heavy (non-hydrogen) atoms. The Balaban J connectivity index is 1.76. The van der Waals surface area contributed by atoms with Crippen molar-refractivity contribution < 1.29 is 4.79 Å². The Morgan fingerprint density at radius 2 is 1.91 bits per heavy atom. The first kappa shape index (κ1) is 15.0. The molecule has 2 aromatic rings. The Morgan fingerprint density at radius 1 is 1.18 bits per heavy atom. The van der Waals surface area contributed by atoms with E-state index in [-0.39, 0.29) is 18.0 Å². The minimum Gasteiger partial charge on any atom is -0.334 e. The van der Waals surface area contributed by atoms with E-state index in [9.17, 15) is 9.59 Å². The van der Waals surface area contributed by atoms with Gasteiger partial charge in [0.2, 0.25) is 5.91 Å². The molecule has 1 aromatic carbocycles. The summed E-state index contributed by atoms with van der Waals surface area (Å²) in [5, 5.41) is 0. The Hall–Kier alpha value is -1.88. The van der Waals surface area contributed by atoms with E-state index in [4.69, 9.17) is 0 Å². The lowest BCUT2D eigenvalue weighted by atomic mass is 10.2. The maximum atomic E-state index is 12.6. The van der Waals surface area contributed by atoms with Crippen molar-refractivity contribution in [2.24, 2.45) is 0 Å². The molecule has 0 saturated heterocycles. The molecule has 0 radical (unpaired) electrons. The predicted molar refractivity (Wildman–Crippen MR) is 88.4 cm³/mol. The fraction of sp³-hybridized carbons (Fsp3) is 0.294. The first-order valence-electron chi connectivity index (χ1n) is 7.33. The SMILES string of the molecule is O=C(Cn1cc(Br)ccc1=O)N(Cc1ccccc1)C1CC1. The lowest BCUT2D eigenvalue weighted by molar-refractivity contribution is -0.133. The lowest BCUT2D eigenvalue weighted by Crippen LogP contribution is -2.37. The van der Waals surface area contributed by atoms with Crippen LogP contribution in [-0.2, 0) is 17.9 Å². The standard InChI is InChI=1S/C17H17BrN2O2/c18-14-6-9-16(21)19(11-14)12-17(22)20(15-7-8-15)10-13-4-2-1-3-5-13/h1-6,9,11,15H,7-8,10,12H2. The molecular formula is C17H17BrN2O2. The average Bonchev–Trinajstić information content (AvgIpc) is 3.34. The molecule has 114 valence electrons. The topological polar surface area (TPSA) is 42.3 Å². The van der Waals surface area contributed by atoms with Crippen LogP contribution in [0.15, 0.2) is 57.9 Å². The zero-order chi connectivity index (χ0) is 15.5. The lowest BCUT2D eigenvalue weighted by Gasteiger charge is -2.23. The number of hydrogen-bond donors (Lipinski definition) is 0. The zero-order valence-electron chi connectivity index (χ0n) is 12.1. The van der Waals surface area contributed by atoms with Gasteiger partial charge in [0.1, 0.15) is 6.54 Å². The quantitative estimate of drug-likeness (QED) is 0.822. The van der Waals surface area contributed by atoms with E-state index in [2.05, 4.69) is 15.9 Å². The third-order valence-electron chi connectivity index (χ3n) is 3.76. The summed E-state index contributed by atoms with van der Waals surface area (Å²) in [6.07, 6.45) is 3.76. The molecule has 4 nitrogen and oxygen atoms in total. The van der Waals surface area contributed by atoms with Crippen LogP contribution < -0.4 is 5.56 Å². The molecule has 1 aliphatic carbocycles. The highest BCUT2D eigenvalue weighted by atomic mass is 79.9. The van der Waals surface area contributed by atoms with Crippen molar-refractivity contribution in [1.82, 2.24) is 9.47 Å². The smallest absolute Gasteiger partial charge is 0.251 e. The van der Waals surface area contributed by atoms with Crippen LogP contribution >= 0.6 is 15.9 Å². The third kappa shape index (κ3) is 3.65. The Kier molecular flexibility index (Phi) is 4.43. The first-order chi connectivity index (χ1) is 10.6. The van der Waals surface area contributed by atoms with Gasteiger partial charge in [-0.15, -0.1) is 0 Å². The number of benzene rings is 1. The van der Waals surface area contributed by atoms with Crippen LogP contribution in [0, 0.1) is 0 Å². The molecule has 0 aliphatic heterocycles. The number of halogens is 1. The number of carbonyl (C=O) groups is 1. The number of carbonyl (C=O) groups excluding carboxylic acids is 1. The van der Waals surface area contributed by atoms with Crippen LogP contribution in [0.1, 0.15) is 18.4 Å². The third-order valence-corrected chi connectivity index (χ3v) is 4.23. The van der Waals surface area contributed by atoms with Gasteiger partial charge in [-0.3, -0.25) is 9.59 Å². The predicted octanol–water partition coefficient (Wildman–Crippen LogP) is 2.80. The van der Waals surface area contributed by atoms with Crippen LogP contribution in [-0.4, -0.2) is 21.4 Å². The molecule has 5 heteroatoms. The van der Waals surface area contributed by atoms with E-state index in [1.165, 1.54) is 10.6 Å². The first-order valence-corrected chi connectivity index (χ1v) is 8.12. The average molecular weight is 361 g/mol. The van der Waals surface area contributed by atoms with Gasteiger partial charge in [-0.05, 0) is 40.4 Å². The molecule has 1 amide bonds. The van der Waals surface area contributed by atoms with Gasteiger partial charge in [-0.2, -0.15) is 0 Å². The molecule has 3 rings (SSSR count). The van der Waals surface area contributed by atoms with Crippen molar-refractivity contribution >= 4 is 21.8 Å². The van der Waals surface area contributed by atoms with Gasteiger partial charge in [-0.1, -0.05) is 30.3 Å². The summed E-state index contributed by atoms with van der Waals surface area (Å²) in [4.78, 5) is 26.3. The van der Waals surface area contributed by atoms with Crippen LogP contribution in [0.5, 0.6) is 0 Å². The highest BCUT2D eigenvalue weighted by Gasteiger charge is 2.32. The second-order valence-electron chi connectivity index (χ2n) is 5.55. The number of amides is 1. The van der Waals surface area contributed by atoms with Crippen molar-refractivity contribution in [2.45, 2.75) is 32.0 Å². The molecule has 0 N–H and O–H groups in total. The van der Waals surface area contributed by atoms with Gasteiger partial charge in [-0.25, -0.2) is 0 Å². The van der Waals surface area contributed by atoms with E-state index in [0.29, 0.717) is 12.6 Å². The molecule has 0 spiro atoms. The van der Waals surface area contributed by atoms with Gasteiger partial charge < -0.3 is 9.47 Å². The Bertz CT molecular complexity index is 723. The van der Waals surface area contributed by atoms with Crippen molar-refractivity contribution in [2.75, 3.05) is 0 Å². The summed E-state index contributed by atoms with van der Waals surface area (Å²) in [5.74, 6) is -0.00782. The maximum absolute atomic E-state index is 12.6. The molecular weight excluding hydrogens is 344 g/mol. The minimum absolute atomic E-state index is 0.00782. The normalized spacial score (nSPS) is 13.9. The Morgan fingerprint density at radius 3 is 2.59 bits per heavy atom. The molecule has 0 unspecified atom stereocenters. The summed E-state index contributed by atoms with van der Waals surface area (Å²) in [6.45, 7) is 0.689. The minimum atomic E-state index is -0.160. The largest absolute Gasteiger partial charge is 0.334 e. The van der Waals surface area contributed by atoms with Gasteiger partial charge in [0.25, 0.3) is 5.56 Å². The number of hydrogen-bond acceptors (Lipinski definition) is 2. The number of pyridine rings is 1. The van der Waals surface area contributed by atoms with Crippen molar-refractivity contribution in [1.29, 1.82) is 0 Å². The number of nitrogens with zero attached hydrogens (tertiary/aromatic N) is 2. The van der Waals surface area contributed by atoms with Gasteiger partial charge >= 0.3 is 0 Å². The van der Waals surface area contributed by atoms with E-state index in [0.717, 1.165) is 22.9 Å². The molecule has 1 fully saturated rings. The van der Waals surface area contributed by atoms with Gasteiger partial charge in [0.05, 0.1) is 0 Å². The maximum Gasteiger partial charge on any atom is 0.251 e. The molecule has 1 aliphatic rings. The van der Waals surface area contributed by atoms with E-state index >= 15 is 0 Å². The van der Waals surface area contributed by atoms with E-state index in [1.807, 2.05) is 35.2 Å². The summed E-state index contributed by atoms with van der Waals surface area (Å²) < 4.78 is 2.24. The fourth-order valence-electron chi connectivity index (χ4n) is 2.45. The molecule has 1 heterocycles. The number of aromatic nitrogens is 1. The van der Waals surface area contributed by atoms with Crippen LogP contribution in [0.3, 0.4) is 0 Å². The van der Waals surface area contributed by atoms with Crippen molar-refractivity contribution in [3.8, 4) is 0 Å². The summed E-state index contributed by atoms with van der Waals surface area (Å²) in [6, 6.07) is 13.4. The summed E-state index contributed by atoms with van der Waals surface area (Å²) in [7, 11) is 0. The number of rotatable bonds is 5. The molecule has 1 aromatic heterocycles. The zero-order valence-corrected chi connectivity index (χ0v) is 13.7. The van der Waals surface area contributed by atoms with Crippen LogP contribution in [0.2, 0.25) is 0 Å². The second kappa shape index (κ2) is 6.48. The fourth-order valence-corrected chi connectivity index (χ4v) is 2.83. The van der Waals surface area contributed by atoms with E-state index < -0.39 is 0 Å². The highest BCUT2D eigenvalue weighted by molar-refractivity contribution is 9.10. The highest BCUT2D eigenvalue weighted by Crippen LogP contribution is 2.28. The molecule has 0 bridgehead atoms. The van der Waals surface area contributed by atoms with Crippen molar-refractivity contribution in [3.63, 3.8) is 0 Å². The summed E-state index contributed by atoms with van der Waals surface area (Å²) >= 11 is 3.33. The van der Waals surface area contributed by atoms with Crippen LogP contribution in [0.25, 0.3) is 0 Å². The van der Waals surface area contributed by atoms with Gasteiger partial charge in [0, 0.05) is 29.3 Å². The van der Waals surface area contributed by atoms with E-state index in [1.54, 1.807) is 12.3 Å². The summed E-state index contributed by atoms with van der Waals surface area (Å²) in [5.41, 5.74) is 0.955. The van der Waals surface area contributed by atoms with Gasteiger partial charge in [0.15, 0.2) is 0 Å². The van der Waals surface area contributed by atoms with Crippen LogP contribution in [0.4, 0.5) is 0 Å². The monoisotopic (exact) mass is 360 g/mol. The van der Waals surface area contributed by atoms with Crippen molar-refractivity contribution in [3.05, 3.63) is 69.1 Å².